The lowest BCUT2D eigenvalue weighted by Gasteiger charge is -2.07. The van der Waals surface area contributed by atoms with E-state index in [1.54, 1.807) is 22.6 Å². The summed E-state index contributed by atoms with van der Waals surface area (Å²) in [6.07, 6.45) is -3.07. The Morgan fingerprint density at radius 1 is 1.53 bits per heavy atom. The highest BCUT2D eigenvalue weighted by atomic mass is 127. The van der Waals surface area contributed by atoms with Crippen molar-refractivity contribution in [3.05, 3.63) is 15.5 Å². The van der Waals surface area contributed by atoms with Crippen molar-refractivity contribution < 1.29 is 22.3 Å². The largest absolute Gasteiger partial charge is 0.505 e. The van der Waals surface area contributed by atoms with Crippen LogP contribution in [0.1, 0.15) is 12.1 Å². The first-order valence-corrected chi connectivity index (χ1v) is 6.06. The average Bonchev–Trinajstić information content (AvgIpc) is 2.06. The molecular weight excluding hydrogens is 345 g/mol. The summed E-state index contributed by atoms with van der Waals surface area (Å²) < 4.78 is 46.5. The van der Waals surface area contributed by atoms with Crippen LogP contribution in [0.5, 0.6) is 5.75 Å². The molecule has 1 heterocycles. The van der Waals surface area contributed by atoms with Gasteiger partial charge in [-0.25, -0.2) is 27.3 Å². The zero-order valence-corrected chi connectivity index (χ0v) is 9.96. The van der Waals surface area contributed by atoms with Crippen molar-refractivity contribution in [1.82, 2.24) is 4.98 Å². The molecule has 0 fully saturated rings. The van der Waals surface area contributed by atoms with Gasteiger partial charge in [0.1, 0.15) is 8.60 Å². The van der Waals surface area contributed by atoms with E-state index in [-0.39, 0.29) is 3.70 Å². The topological polar surface area (TPSA) is 93.3 Å². The molecule has 0 aliphatic rings. The van der Waals surface area contributed by atoms with Crippen LogP contribution in [0.2, 0.25) is 0 Å². The molecule has 0 radical (unpaired) electrons. The normalized spacial score (nSPS) is 12.1. The van der Waals surface area contributed by atoms with Gasteiger partial charge in [0.2, 0.25) is 10.0 Å². The maximum atomic E-state index is 12.3. The molecule has 0 bridgehead atoms. The van der Waals surface area contributed by atoms with Gasteiger partial charge in [0.15, 0.2) is 11.4 Å². The molecule has 0 amide bonds. The third kappa shape index (κ3) is 2.72. The van der Waals surface area contributed by atoms with Crippen LogP contribution in [0.25, 0.3) is 0 Å². The Morgan fingerprint density at radius 3 is 2.47 bits per heavy atom. The van der Waals surface area contributed by atoms with Crippen molar-refractivity contribution in [2.45, 2.75) is 11.3 Å². The molecule has 84 valence electrons. The first-order valence-electron chi connectivity index (χ1n) is 3.44. The van der Waals surface area contributed by atoms with Crippen LogP contribution >= 0.6 is 22.6 Å². The van der Waals surface area contributed by atoms with Gasteiger partial charge in [-0.1, -0.05) is 0 Å². The van der Waals surface area contributed by atoms with E-state index in [4.69, 9.17) is 5.14 Å². The zero-order valence-electron chi connectivity index (χ0n) is 6.99. The molecule has 1 aromatic heterocycles. The average molecular weight is 350 g/mol. The highest BCUT2D eigenvalue weighted by Gasteiger charge is 2.24. The van der Waals surface area contributed by atoms with E-state index in [0.29, 0.717) is 0 Å². The van der Waals surface area contributed by atoms with Crippen molar-refractivity contribution in [2.75, 3.05) is 0 Å². The second-order valence-corrected chi connectivity index (χ2v) is 5.16. The fraction of sp³-hybridized carbons (Fsp3) is 0.167. The minimum atomic E-state index is -4.24. The summed E-state index contributed by atoms with van der Waals surface area (Å²) >= 11 is 1.55. The number of rotatable bonds is 2. The number of hydrogen-bond acceptors (Lipinski definition) is 4. The Labute approximate surface area is 97.5 Å². The Morgan fingerprint density at radius 2 is 2.07 bits per heavy atom. The fourth-order valence-corrected chi connectivity index (χ4v) is 2.30. The lowest BCUT2D eigenvalue weighted by atomic mass is 10.3. The van der Waals surface area contributed by atoms with Gasteiger partial charge in [0, 0.05) is 0 Å². The molecule has 0 atom stereocenters. The van der Waals surface area contributed by atoms with Gasteiger partial charge < -0.3 is 5.11 Å². The molecule has 3 N–H and O–H groups in total. The number of halogens is 3. The summed E-state index contributed by atoms with van der Waals surface area (Å²) in [6.45, 7) is 0. The number of nitrogens with zero attached hydrogens (tertiary/aromatic N) is 1. The SMILES string of the molecule is NS(=O)(=O)c1cc(I)nc(C(F)F)c1O. The molecule has 0 aliphatic heterocycles. The first-order chi connectivity index (χ1) is 6.73. The van der Waals surface area contributed by atoms with Crippen molar-refractivity contribution in [3.63, 3.8) is 0 Å². The van der Waals surface area contributed by atoms with Crippen LogP contribution in [-0.2, 0) is 10.0 Å². The molecule has 15 heavy (non-hydrogen) atoms. The van der Waals surface area contributed by atoms with Crippen LogP contribution in [0.15, 0.2) is 11.0 Å². The van der Waals surface area contributed by atoms with Crippen LogP contribution in [-0.4, -0.2) is 18.5 Å². The van der Waals surface area contributed by atoms with Crippen LogP contribution in [0.4, 0.5) is 8.78 Å². The molecule has 1 aromatic rings. The lowest BCUT2D eigenvalue weighted by Crippen LogP contribution is -2.14. The lowest BCUT2D eigenvalue weighted by molar-refractivity contribution is 0.141. The van der Waals surface area contributed by atoms with Gasteiger partial charge in [-0.2, -0.15) is 0 Å². The van der Waals surface area contributed by atoms with Gasteiger partial charge in [-0.15, -0.1) is 0 Å². The van der Waals surface area contributed by atoms with Crippen LogP contribution < -0.4 is 5.14 Å². The van der Waals surface area contributed by atoms with E-state index >= 15 is 0 Å². The quantitative estimate of drug-likeness (QED) is 0.614. The number of hydrogen-bond donors (Lipinski definition) is 2. The van der Waals surface area contributed by atoms with Gasteiger partial charge in [0.05, 0.1) is 0 Å². The number of aromatic nitrogens is 1. The smallest absolute Gasteiger partial charge is 0.284 e. The van der Waals surface area contributed by atoms with E-state index in [1.165, 1.54) is 0 Å². The summed E-state index contributed by atoms with van der Waals surface area (Å²) in [4.78, 5) is 2.56. The number of alkyl halides is 2. The van der Waals surface area contributed by atoms with Crippen molar-refractivity contribution in [2.24, 2.45) is 5.14 Å². The standard InChI is InChI=1S/C6H5F2IN2O3S/c7-6(8)4-5(12)2(15(10,13)14)1-3(9)11-4/h1,6,12H,(H2,10,13,14). The van der Waals surface area contributed by atoms with Crippen LogP contribution in [0, 0.1) is 3.70 Å². The van der Waals surface area contributed by atoms with Crippen molar-refractivity contribution >= 4 is 32.6 Å². The molecule has 1 rings (SSSR count). The summed E-state index contributed by atoms with van der Waals surface area (Å²) in [5, 5.41) is 13.9. The number of pyridine rings is 1. The molecular formula is C6H5F2IN2O3S. The number of nitrogens with two attached hydrogens (primary N) is 1. The Bertz CT molecular complexity index is 491. The van der Waals surface area contributed by atoms with E-state index in [9.17, 15) is 22.3 Å². The predicted octanol–water partition coefficient (Wildman–Crippen LogP) is 0.977. The molecule has 0 saturated heterocycles. The second kappa shape index (κ2) is 4.14. The molecule has 0 aliphatic carbocycles. The zero-order chi connectivity index (χ0) is 11.8. The summed E-state index contributed by atoms with van der Waals surface area (Å²) in [5.74, 6) is -1.10. The van der Waals surface area contributed by atoms with Gasteiger partial charge in [-0.05, 0) is 28.7 Å². The highest BCUT2D eigenvalue weighted by molar-refractivity contribution is 14.1. The van der Waals surface area contributed by atoms with Gasteiger partial charge in [0.25, 0.3) is 6.43 Å². The Hall–Kier alpha value is -0.550. The van der Waals surface area contributed by atoms with Crippen molar-refractivity contribution in [1.29, 1.82) is 0 Å². The summed E-state index contributed by atoms with van der Waals surface area (Å²) in [5.41, 5.74) is -0.995. The molecule has 0 aromatic carbocycles. The van der Waals surface area contributed by atoms with Crippen molar-refractivity contribution in [3.8, 4) is 5.75 Å². The number of sulfonamides is 1. The van der Waals surface area contributed by atoms with E-state index in [2.05, 4.69) is 4.98 Å². The Balaban J connectivity index is 3.56. The van der Waals surface area contributed by atoms with Gasteiger partial charge in [-0.3, -0.25) is 0 Å². The number of aromatic hydroxyl groups is 1. The van der Waals surface area contributed by atoms with Gasteiger partial charge >= 0.3 is 0 Å². The highest BCUT2D eigenvalue weighted by Crippen LogP contribution is 2.32. The van der Waals surface area contributed by atoms with Crippen LogP contribution in [0.3, 0.4) is 0 Å². The molecule has 0 spiro atoms. The molecule has 9 heteroatoms. The molecule has 0 unspecified atom stereocenters. The monoisotopic (exact) mass is 350 g/mol. The third-order valence-corrected chi connectivity index (χ3v) is 2.94. The third-order valence-electron chi connectivity index (χ3n) is 1.47. The maximum absolute atomic E-state index is 12.3. The minimum Gasteiger partial charge on any atom is -0.505 e. The van der Waals surface area contributed by atoms with E-state index < -0.39 is 32.8 Å². The first kappa shape index (κ1) is 12.5. The predicted molar refractivity (Wildman–Crippen MR) is 54.9 cm³/mol. The summed E-state index contributed by atoms with van der Waals surface area (Å²) in [6, 6.07) is 0.914. The van der Waals surface area contributed by atoms with E-state index in [1.807, 2.05) is 0 Å². The van der Waals surface area contributed by atoms with E-state index in [0.717, 1.165) is 6.07 Å². The minimum absolute atomic E-state index is 0.00438. The second-order valence-electron chi connectivity index (χ2n) is 2.52. The molecule has 0 saturated carbocycles. The summed E-state index contributed by atoms with van der Waals surface area (Å²) in [7, 11) is -4.24. The number of primary sulfonamides is 1. The fourth-order valence-electron chi connectivity index (χ4n) is 0.872. The molecule has 5 nitrogen and oxygen atoms in total. The maximum Gasteiger partial charge on any atom is 0.284 e. The Kier molecular flexibility index (Phi) is 3.45.